The van der Waals surface area contributed by atoms with Crippen LogP contribution in [0.25, 0.3) is 0 Å². The zero-order valence-corrected chi connectivity index (χ0v) is 15.9. The first kappa shape index (κ1) is 20.8. The van der Waals surface area contributed by atoms with Gasteiger partial charge in [-0.05, 0) is 12.8 Å². The normalized spacial score (nSPS) is 15.5. The van der Waals surface area contributed by atoms with E-state index in [1.54, 1.807) is 28.5 Å². The first-order valence-electron chi connectivity index (χ1n) is 7.97. The molecule has 0 bridgehead atoms. The molecule has 0 aromatic heterocycles. The Morgan fingerprint density at radius 2 is 2.04 bits per heavy atom. The quantitative estimate of drug-likeness (QED) is 0.223. The largest absolute Gasteiger partial charge is 0.369 e. The highest BCUT2D eigenvalue weighted by atomic mass is 33.1. The Balaban J connectivity index is 3.35. The highest BCUT2D eigenvalue weighted by Gasteiger charge is 2.08. The maximum absolute atomic E-state index is 11.6. The molecule has 2 amide bonds. The van der Waals surface area contributed by atoms with E-state index < -0.39 is 8.20 Å². The van der Waals surface area contributed by atoms with Gasteiger partial charge in [0, 0.05) is 30.4 Å². The van der Waals surface area contributed by atoms with Gasteiger partial charge in [-0.15, -0.1) is 0 Å². The van der Waals surface area contributed by atoms with Crippen molar-refractivity contribution in [2.45, 2.75) is 39.0 Å². The fourth-order valence-electron chi connectivity index (χ4n) is 1.47. The summed E-state index contributed by atoms with van der Waals surface area (Å²) < 4.78 is 21.7. The van der Waals surface area contributed by atoms with Crippen LogP contribution in [-0.4, -0.2) is 42.6 Å². The number of carbonyl (C=O) groups is 2. The first-order chi connectivity index (χ1) is 11.2. The van der Waals surface area contributed by atoms with Gasteiger partial charge in [0.2, 0.25) is 11.8 Å². The summed E-state index contributed by atoms with van der Waals surface area (Å²) in [6, 6.07) is 0. The number of nitrogens with two attached hydrogens (primary N) is 1. The van der Waals surface area contributed by atoms with E-state index in [-0.39, 0.29) is 24.3 Å². The van der Waals surface area contributed by atoms with Gasteiger partial charge < -0.3 is 20.5 Å². The van der Waals surface area contributed by atoms with E-state index in [2.05, 4.69) is 9.84 Å². The molecular weight excluding hydrogens is 359 g/mol. The fraction of sp³-hybridized carbons (Fsp3) is 0.846. The van der Waals surface area contributed by atoms with Crippen molar-refractivity contribution in [1.29, 1.82) is 1.28 Å². The number of unbranched alkanes of at least 4 members (excludes halogenated alkanes) is 3. The Bertz CT molecular complexity index is 425. The lowest BCUT2D eigenvalue weighted by molar-refractivity contribution is -0.121. The number of hydrogen-bond donors (Lipinski definition) is 3. The summed E-state index contributed by atoms with van der Waals surface area (Å²) in [5, 5.41) is 2.83. The molecule has 0 spiro atoms. The lowest BCUT2D eigenvalue weighted by Crippen LogP contribution is -2.24. The molecule has 0 aliphatic carbocycles. The molecule has 0 saturated carbocycles. The molecule has 0 radical (unpaired) electrons. The second-order valence-corrected chi connectivity index (χ2v) is 8.36. The number of carbonyl (C=O) groups excluding carboxylic acids is 2. The van der Waals surface area contributed by atoms with E-state index in [1.807, 2.05) is 0 Å². The molecule has 10 heteroatoms. The second-order valence-electron chi connectivity index (χ2n) is 5.00. The Morgan fingerprint density at radius 1 is 1.35 bits per heavy atom. The minimum absolute atomic E-state index is 0.00445. The van der Waals surface area contributed by atoms with Crippen molar-refractivity contribution < 1.29 is 23.6 Å². The van der Waals surface area contributed by atoms with Gasteiger partial charge in [-0.25, -0.2) is 0 Å². The van der Waals surface area contributed by atoms with E-state index in [1.165, 1.54) is 0 Å². The molecule has 0 aromatic carbocycles. The van der Waals surface area contributed by atoms with E-state index in [0.29, 0.717) is 30.9 Å². The Hall–Kier alpha value is -0.210. The SMILES string of the molecule is [3H]P(=O)(O)OCCCCCCNC(=O)CCSSCC(C)C(N)=O. The van der Waals surface area contributed by atoms with Gasteiger partial charge in [-0.2, -0.15) is 0 Å². The fourth-order valence-corrected chi connectivity index (χ4v) is 4.11. The topological polar surface area (TPSA) is 119 Å². The van der Waals surface area contributed by atoms with Crippen molar-refractivity contribution in [1.82, 2.24) is 5.32 Å². The van der Waals surface area contributed by atoms with Gasteiger partial charge in [0.25, 0.3) is 0 Å². The van der Waals surface area contributed by atoms with E-state index in [9.17, 15) is 14.2 Å². The van der Waals surface area contributed by atoms with Crippen molar-refractivity contribution >= 4 is 41.6 Å². The number of hydrogen-bond acceptors (Lipinski definition) is 6. The lowest BCUT2D eigenvalue weighted by Gasteiger charge is -2.07. The summed E-state index contributed by atoms with van der Waals surface area (Å²) in [4.78, 5) is 31.0. The van der Waals surface area contributed by atoms with Crippen LogP contribution in [0, 0.1) is 5.92 Å². The molecule has 23 heavy (non-hydrogen) atoms. The summed E-state index contributed by atoms with van der Waals surface area (Å²) in [7, 11) is -0.997. The van der Waals surface area contributed by atoms with Crippen LogP contribution >= 0.6 is 29.8 Å². The zero-order valence-electron chi connectivity index (χ0n) is 14.4. The summed E-state index contributed by atoms with van der Waals surface area (Å²) in [5.74, 6) is 0.875. The Kier molecular flexibility index (Phi) is 13.9. The maximum Gasteiger partial charge on any atom is 0.316 e. The molecule has 7 nitrogen and oxygen atoms in total. The molecule has 0 aliphatic heterocycles. The van der Waals surface area contributed by atoms with Crippen LogP contribution in [0.15, 0.2) is 0 Å². The number of nitrogens with one attached hydrogen (secondary N) is 1. The third-order valence-electron chi connectivity index (χ3n) is 2.89. The summed E-state index contributed by atoms with van der Waals surface area (Å²) in [6.07, 6.45) is 3.59. The minimum Gasteiger partial charge on any atom is -0.369 e. The van der Waals surface area contributed by atoms with Gasteiger partial charge in [-0.3, -0.25) is 14.2 Å². The van der Waals surface area contributed by atoms with Gasteiger partial charge in [0.05, 0.1) is 6.61 Å². The molecule has 0 fully saturated rings. The Labute approximate surface area is 147 Å². The van der Waals surface area contributed by atoms with Crippen LogP contribution in [-0.2, 0) is 18.7 Å². The van der Waals surface area contributed by atoms with Gasteiger partial charge in [-0.1, -0.05) is 41.4 Å². The molecule has 0 heterocycles. The molecule has 4 N–H and O–H groups in total. The zero-order chi connectivity index (χ0) is 18.4. The molecule has 0 aliphatic rings. The highest BCUT2D eigenvalue weighted by molar-refractivity contribution is 8.76. The van der Waals surface area contributed by atoms with Crippen LogP contribution in [0.3, 0.4) is 0 Å². The van der Waals surface area contributed by atoms with Gasteiger partial charge >= 0.3 is 8.20 Å². The first-order valence-corrected chi connectivity index (χ1v) is 11.1. The van der Waals surface area contributed by atoms with Crippen molar-refractivity contribution in [3.8, 4) is 0 Å². The molecule has 0 saturated heterocycles. The molecular formula is C13H27N2O5PS2. The van der Waals surface area contributed by atoms with Crippen LogP contribution in [0.5, 0.6) is 0 Å². The van der Waals surface area contributed by atoms with Gasteiger partial charge in [0.1, 0.15) is 0 Å². The number of primary amides is 1. The van der Waals surface area contributed by atoms with Crippen LogP contribution < -0.4 is 11.1 Å². The predicted molar refractivity (Wildman–Crippen MR) is 96.5 cm³/mol. The molecule has 0 aromatic rings. The second kappa shape index (κ2) is 15.3. The van der Waals surface area contributed by atoms with Crippen LogP contribution in [0.1, 0.15) is 39.0 Å². The average molecular weight is 388 g/mol. The minimum atomic E-state index is -4.10. The Morgan fingerprint density at radius 3 is 2.70 bits per heavy atom. The molecule has 2 unspecified atom stereocenters. The van der Waals surface area contributed by atoms with Crippen LogP contribution in [0.4, 0.5) is 0 Å². The van der Waals surface area contributed by atoms with Gasteiger partial charge in [0.15, 0.2) is 1.28 Å². The highest BCUT2D eigenvalue weighted by Crippen LogP contribution is 2.24. The summed E-state index contributed by atoms with van der Waals surface area (Å²) in [5.41, 5.74) is 5.16. The molecule has 2 atom stereocenters. The third kappa shape index (κ3) is 16.4. The smallest absolute Gasteiger partial charge is 0.316 e. The number of amides is 2. The van der Waals surface area contributed by atoms with Crippen molar-refractivity contribution in [3.63, 3.8) is 0 Å². The van der Waals surface area contributed by atoms with E-state index in [4.69, 9.17) is 11.9 Å². The van der Waals surface area contributed by atoms with E-state index >= 15 is 0 Å². The third-order valence-corrected chi connectivity index (χ3v) is 5.88. The average Bonchev–Trinajstić information content (AvgIpc) is 2.48. The summed E-state index contributed by atoms with van der Waals surface area (Å²) in [6.45, 7) is 2.49. The van der Waals surface area contributed by atoms with Crippen molar-refractivity contribution in [3.05, 3.63) is 0 Å². The van der Waals surface area contributed by atoms with Crippen LogP contribution in [0.2, 0.25) is 0 Å². The summed E-state index contributed by atoms with van der Waals surface area (Å²) >= 11 is 0. The molecule has 0 rings (SSSR count). The maximum atomic E-state index is 11.6. The lowest BCUT2D eigenvalue weighted by atomic mass is 10.2. The predicted octanol–water partition coefficient (Wildman–Crippen LogP) is 1.95. The standard InChI is InChI=1S/C13H27N2O5PS2/c1-11(13(14)17)10-23-22-9-6-12(16)15-7-4-2-3-5-8-20-21(18)19/h11,21H,2-10H2,1H3,(H2,14,17)(H,15,16)(H,18,19)/i21T. The van der Waals surface area contributed by atoms with E-state index in [0.717, 1.165) is 19.3 Å². The van der Waals surface area contributed by atoms with Crippen molar-refractivity contribution in [2.75, 3.05) is 24.7 Å². The number of rotatable bonds is 15. The molecule has 136 valence electrons. The van der Waals surface area contributed by atoms with Crippen molar-refractivity contribution in [2.24, 2.45) is 11.7 Å². The monoisotopic (exact) mass is 388 g/mol.